The van der Waals surface area contributed by atoms with E-state index < -0.39 is 30.4 Å². The van der Waals surface area contributed by atoms with Crippen molar-refractivity contribution in [3.8, 4) is 5.75 Å². The third-order valence-corrected chi connectivity index (χ3v) is 3.80. The van der Waals surface area contributed by atoms with Crippen LogP contribution in [0.3, 0.4) is 0 Å². The summed E-state index contributed by atoms with van der Waals surface area (Å²) >= 11 is 0. The molecule has 0 saturated carbocycles. The molecule has 0 unspecified atom stereocenters. The number of carbonyl (C=O) groups excluding carboxylic acids is 3. The Bertz CT molecular complexity index is 585. The summed E-state index contributed by atoms with van der Waals surface area (Å²) in [6, 6.07) is 5.76. The van der Waals surface area contributed by atoms with Crippen LogP contribution in [0.4, 0.5) is 0 Å². The first-order valence-corrected chi connectivity index (χ1v) is 7.43. The lowest BCUT2D eigenvalue weighted by molar-refractivity contribution is -0.143. The molecule has 2 rings (SSSR count). The number of nitrogens with zero attached hydrogens (tertiary/aromatic N) is 1. The van der Waals surface area contributed by atoms with Crippen LogP contribution in [-0.4, -0.2) is 49.0 Å². The molecule has 1 aromatic carbocycles. The van der Waals surface area contributed by atoms with Crippen molar-refractivity contribution >= 4 is 17.8 Å². The lowest BCUT2D eigenvalue weighted by Crippen LogP contribution is -2.51. The van der Waals surface area contributed by atoms with Gasteiger partial charge in [-0.1, -0.05) is 0 Å². The first kappa shape index (κ1) is 16.8. The third-order valence-electron chi connectivity index (χ3n) is 3.80. The maximum Gasteiger partial charge on any atom is 0.338 e. The number of ether oxygens (including phenoxy) is 2. The van der Waals surface area contributed by atoms with Gasteiger partial charge < -0.3 is 20.1 Å². The number of esters is 1. The summed E-state index contributed by atoms with van der Waals surface area (Å²) in [6.07, 6.45) is 2.21. The molecular weight excluding hydrogens is 300 g/mol. The number of nitrogens with two attached hydrogens (primary N) is 1. The molecule has 1 aliphatic rings. The number of hydrogen-bond donors (Lipinski definition) is 1. The van der Waals surface area contributed by atoms with Gasteiger partial charge in [0.1, 0.15) is 11.8 Å². The Morgan fingerprint density at radius 1 is 1.22 bits per heavy atom. The van der Waals surface area contributed by atoms with Crippen molar-refractivity contribution in [1.82, 2.24) is 4.90 Å². The fraction of sp³-hybridized carbons (Fsp3) is 0.438. The average molecular weight is 320 g/mol. The predicted molar refractivity (Wildman–Crippen MR) is 81.8 cm³/mol. The summed E-state index contributed by atoms with van der Waals surface area (Å²) in [5.74, 6) is -0.918. The van der Waals surface area contributed by atoms with Crippen LogP contribution in [0.5, 0.6) is 5.75 Å². The molecule has 1 saturated heterocycles. The number of likely N-dealkylation sites (tertiary alicyclic amines) is 1. The Hall–Kier alpha value is -2.57. The number of amides is 2. The van der Waals surface area contributed by atoms with Gasteiger partial charge in [-0.3, -0.25) is 9.59 Å². The van der Waals surface area contributed by atoms with Gasteiger partial charge in [-0.25, -0.2) is 4.79 Å². The van der Waals surface area contributed by atoms with E-state index in [1.165, 1.54) is 12.0 Å². The molecule has 7 nitrogen and oxygen atoms in total. The van der Waals surface area contributed by atoms with Gasteiger partial charge in [-0.05, 0) is 43.5 Å². The van der Waals surface area contributed by atoms with Gasteiger partial charge in [-0.15, -0.1) is 0 Å². The number of primary amides is 1. The quantitative estimate of drug-likeness (QED) is 0.806. The lowest BCUT2D eigenvalue weighted by Gasteiger charge is -2.33. The van der Waals surface area contributed by atoms with Gasteiger partial charge in [0.25, 0.3) is 5.91 Å². The van der Waals surface area contributed by atoms with E-state index in [0.29, 0.717) is 24.3 Å². The van der Waals surface area contributed by atoms with Crippen LogP contribution in [0.15, 0.2) is 24.3 Å². The van der Waals surface area contributed by atoms with E-state index in [2.05, 4.69) is 0 Å². The number of piperidine rings is 1. The number of rotatable bonds is 5. The summed E-state index contributed by atoms with van der Waals surface area (Å²) in [6.45, 7) is 0.0428. The van der Waals surface area contributed by atoms with Crippen molar-refractivity contribution in [1.29, 1.82) is 0 Å². The van der Waals surface area contributed by atoms with Gasteiger partial charge in [0, 0.05) is 6.54 Å². The Balaban J connectivity index is 1.92. The van der Waals surface area contributed by atoms with Gasteiger partial charge in [0.05, 0.1) is 12.7 Å². The highest BCUT2D eigenvalue weighted by Crippen LogP contribution is 2.17. The Labute approximate surface area is 134 Å². The van der Waals surface area contributed by atoms with Gasteiger partial charge in [0.15, 0.2) is 6.61 Å². The number of benzene rings is 1. The molecule has 1 heterocycles. The number of hydrogen-bond acceptors (Lipinski definition) is 5. The van der Waals surface area contributed by atoms with Crippen molar-refractivity contribution in [2.45, 2.75) is 25.3 Å². The summed E-state index contributed by atoms with van der Waals surface area (Å²) in [4.78, 5) is 36.9. The predicted octanol–water partition coefficient (Wildman–Crippen LogP) is 0.718. The molecule has 0 bridgehead atoms. The minimum Gasteiger partial charge on any atom is -0.497 e. The second-order valence-corrected chi connectivity index (χ2v) is 5.31. The maximum absolute atomic E-state index is 12.2. The molecule has 23 heavy (non-hydrogen) atoms. The summed E-state index contributed by atoms with van der Waals surface area (Å²) < 4.78 is 10.0. The van der Waals surface area contributed by atoms with Crippen molar-refractivity contribution < 1.29 is 23.9 Å². The average Bonchev–Trinajstić information content (AvgIpc) is 2.59. The maximum atomic E-state index is 12.2. The molecule has 1 atom stereocenters. The van der Waals surface area contributed by atoms with E-state index >= 15 is 0 Å². The van der Waals surface area contributed by atoms with Gasteiger partial charge >= 0.3 is 5.97 Å². The SMILES string of the molecule is COc1ccc(C(=O)OCC(=O)N2CCCC[C@H]2C(N)=O)cc1. The molecule has 0 radical (unpaired) electrons. The minimum atomic E-state index is -0.615. The van der Waals surface area contributed by atoms with Crippen LogP contribution in [0, 0.1) is 0 Å². The monoisotopic (exact) mass is 320 g/mol. The molecule has 1 fully saturated rings. The van der Waals surface area contributed by atoms with E-state index in [-0.39, 0.29) is 0 Å². The Morgan fingerprint density at radius 2 is 1.91 bits per heavy atom. The second kappa shape index (κ2) is 7.62. The highest BCUT2D eigenvalue weighted by molar-refractivity contribution is 5.92. The van der Waals surface area contributed by atoms with Crippen LogP contribution in [0.1, 0.15) is 29.6 Å². The Morgan fingerprint density at radius 3 is 2.52 bits per heavy atom. The smallest absolute Gasteiger partial charge is 0.338 e. The van der Waals surface area contributed by atoms with Gasteiger partial charge in [-0.2, -0.15) is 0 Å². The molecule has 1 aromatic rings. The molecule has 7 heteroatoms. The molecule has 0 aliphatic carbocycles. The lowest BCUT2D eigenvalue weighted by atomic mass is 10.0. The molecule has 2 N–H and O–H groups in total. The van der Waals surface area contributed by atoms with Crippen LogP contribution >= 0.6 is 0 Å². The van der Waals surface area contributed by atoms with Crippen LogP contribution in [0.25, 0.3) is 0 Å². The molecule has 1 aliphatic heterocycles. The third kappa shape index (κ3) is 4.21. The van der Waals surface area contributed by atoms with Crippen LogP contribution in [0.2, 0.25) is 0 Å². The van der Waals surface area contributed by atoms with E-state index in [0.717, 1.165) is 12.8 Å². The summed E-state index contributed by atoms with van der Waals surface area (Å²) in [5.41, 5.74) is 5.64. The number of methoxy groups -OCH3 is 1. The number of carbonyl (C=O) groups is 3. The fourth-order valence-corrected chi connectivity index (χ4v) is 2.55. The highest BCUT2D eigenvalue weighted by Gasteiger charge is 2.31. The highest BCUT2D eigenvalue weighted by atomic mass is 16.5. The zero-order chi connectivity index (χ0) is 16.8. The summed E-state index contributed by atoms with van der Waals surface area (Å²) in [5, 5.41) is 0. The van der Waals surface area contributed by atoms with E-state index in [1.807, 2.05) is 0 Å². The van der Waals surface area contributed by atoms with Crippen LogP contribution < -0.4 is 10.5 Å². The topological polar surface area (TPSA) is 98.9 Å². The van der Waals surface area contributed by atoms with Crippen LogP contribution in [-0.2, 0) is 14.3 Å². The molecule has 2 amide bonds. The molecular formula is C16H20N2O5. The van der Waals surface area contributed by atoms with Crippen molar-refractivity contribution in [2.75, 3.05) is 20.3 Å². The second-order valence-electron chi connectivity index (χ2n) is 5.31. The van der Waals surface area contributed by atoms with Crippen molar-refractivity contribution in [2.24, 2.45) is 5.73 Å². The van der Waals surface area contributed by atoms with E-state index in [1.54, 1.807) is 24.3 Å². The minimum absolute atomic E-state index is 0.323. The van der Waals surface area contributed by atoms with E-state index in [9.17, 15) is 14.4 Å². The zero-order valence-corrected chi connectivity index (χ0v) is 13.0. The van der Waals surface area contributed by atoms with Crippen molar-refractivity contribution in [3.63, 3.8) is 0 Å². The first-order chi connectivity index (χ1) is 11.0. The van der Waals surface area contributed by atoms with Gasteiger partial charge in [0.2, 0.25) is 5.91 Å². The van der Waals surface area contributed by atoms with E-state index in [4.69, 9.17) is 15.2 Å². The largest absolute Gasteiger partial charge is 0.497 e. The normalized spacial score (nSPS) is 17.4. The first-order valence-electron chi connectivity index (χ1n) is 7.43. The zero-order valence-electron chi connectivity index (χ0n) is 13.0. The molecule has 0 spiro atoms. The fourth-order valence-electron chi connectivity index (χ4n) is 2.55. The Kier molecular flexibility index (Phi) is 5.56. The standard InChI is InChI=1S/C16H20N2O5/c1-22-12-7-5-11(6-8-12)16(21)23-10-14(19)18-9-3-2-4-13(18)15(17)20/h5-8,13H,2-4,9-10H2,1H3,(H2,17,20)/t13-/m0/s1. The summed E-state index contributed by atoms with van der Waals surface area (Å²) in [7, 11) is 1.53. The van der Waals surface area contributed by atoms with Crippen molar-refractivity contribution in [3.05, 3.63) is 29.8 Å². The molecule has 0 aromatic heterocycles. The molecule has 124 valence electrons.